The van der Waals surface area contributed by atoms with Gasteiger partial charge in [-0.3, -0.25) is 4.79 Å². The van der Waals surface area contributed by atoms with E-state index in [0.717, 1.165) is 6.42 Å². The normalized spacial score (nSPS) is 30.8. The monoisotopic (exact) mass is 367 g/mol. The Morgan fingerprint density at radius 3 is 2.19 bits per heavy atom. The second kappa shape index (κ2) is 7.05. The fourth-order valence-corrected chi connectivity index (χ4v) is 5.36. The number of fused-ring (bicyclic) bond motifs is 2. The molecule has 0 aromatic carbocycles. The van der Waals surface area contributed by atoms with Gasteiger partial charge < -0.3 is 14.4 Å². The van der Waals surface area contributed by atoms with Gasteiger partial charge in [0.2, 0.25) is 6.79 Å². The Morgan fingerprint density at radius 2 is 1.69 bits per heavy atom. The van der Waals surface area contributed by atoms with Crippen LogP contribution in [0, 0.1) is 28.6 Å². The maximum absolute atomic E-state index is 12.6. The fourth-order valence-electron chi connectivity index (χ4n) is 5.36. The minimum atomic E-state index is -0.413. The Bertz CT molecular complexity index is 551. The molecule has 0 saturated heterocycles. The lowest BCUT2D eigenvalue weighted by atomic mass is 9.63. The van der Waals surface area contributed by atoms with Gasteiger partial charge in [-0.15, -0.1) is 0 Å². The van der Waals surface area contributed by atoms with Crippen molar-refractivity contribution < 1.29 is 19.1 Å². The number of carbonyl (C=O) groups is 2. The van der Waals surface area contributed by atoms with Crippen LogP contribution in [0.3, 0.4) is 0 Å². The van der Waals surface area contributed by atoms with Gasteiger partial charge >= 0.3 is 12.1 Å². The smallest absolute Gasteiger partial charge is 0.412 e. The molecule has 1 amide bonds. The highest BCUT2D eigenvalue weighted by Crippen LogP contribution is 2.63. The molecule has 2 fully saturated rings. The zero-order valence-electron chi connectivity index (χ0n) is 17.8. The molecule has 2 bridgehead atoms. The lowest BCUT2D eigenvalue weighted by Gasteiger charge is -2.52. The summed E-state index contributed by atoms with van der Waals surface area (Å²) in [6, 6.07) is 0. The highest BCUT2D eigenvalue weighted by Gasteiger charge is 2.63. The first-order valence-electron chi connectivity index (χ1n) is 9.88. The summed E-state index contributed by atoms with van der Waals surface area (Å²) < 4.78 is 10.4. The molecule has 26 heavy (non-hydrogen) atoms. The second-order valence-corrected chi connectivity index (χ2v) is 10.3. The Balaban J connectivity index is 1.87. The van der Waals surface area contributed by atoms with E-state index in [9.17, 15) is 9.59 Å². The van der Waals surface area contributed by atoms with E-state index < -0.39 is 6.09 Å². The van der Waals surface area contributed by atoms with Crippen LogP contribution in [0.25, 0.3) is 0 Å². The van der Waals surface area contributed by atoms with E-state index in [1.807, 2.05) is 14.0 Å². The first-order chi connectivity index (χ1) is 11.8. The van der Waals surface area contributed by atoms with Gasteiger partial charge in [-0.05, 0) is 55.3 Å². The van der Waals surface area contributed by atoms with E-state index in [1.54, 1.807) is 4.90 Å². The van der Waals surface area contributed by atoms with Gasteiger partial charge in [0.05, 0.1) is 11.5 Å². The molecule has 2 aliphatic carbocycles. The van der Waals surface area contributed by atoms with Crippen molar-refractivity contribution >= 4 is 12.1 Å². The molecule has 2 rings (SSSR count). The van der Waals surface area contributed by atoms with Gasteiger partial charge in [0.1, 0.15) is 0 Å². The number of hydrogen-bond donors (Lipinski definition) is 0. The summed E-state index contributed by atoms with van der Waals surface area (Å²) >= 11 is 0. The first kappa shape index (κ1) is 21.0. The number of carbonyl (C=O) groups excluding carboxylic acids is 2. The number of hydrogen-bond acceptors (Lipinski definition) is 4. The van der Waals surface area contributed by atoms with E-state index in [4.69, 9.17) is 9.47 Å². The maximum atomic E-state index is 12.6. The third-order valence-corrected chi connectivity index (χ3v) is 7.23. The number of amides is 1. The highest BCUT2D eigenvalue weighted by atomic mass is 16.7. The van der Waals surface area contributed by atoms with Crippen molar-refractivity contribution in [3.8, 4) is 0 Å². The summed E-state index contributed by atoms with van der Waals surface area (Å²) in [6.07, 6.45) is 3.92. The third-order valence-electron chi connectivity index (χ3n) is 7.23. The molecule has 5 nitrogen and oxygen atoms in total. The lowest BCUT2D eigenvalue weighted by molar-refractivity contribution is -0.158. The van der Waals surface area contributed by atoms with Crippen LogP contribution in [0.5, 0.6) is 0 Å². The van der Waals surface area contributed by atoms with Crippen molar-refractivity contribution in [2.24, 2.45) is 28.6 Å². The van der Waals surface area contributed by atoms with Crippen molar-refractivity contribution in [3.05, 3.63) is 0 Å². The van der Waals surface area contributed by atoms with Crippen LogP contribution in [0.1, 0.15) is 74.1 Å². The Hall–Kier alpha value is -1.26. The molecule has 2 aliphatic rings. The van der Waals surface area contributed by atoms with E-state index in [-0.39, 0.29) is 35.0 Å². The molecule has 2 saturated carbocycles. The largest absolute Gasteiger partial charge is 0.428 e. The summed E-state index contributed by atoms with van der Waals surface area (Å²) in [4.78, 5) is 26.4. The van der Waals surface area contributed by atoms with Crippen molar-refractivity contribution in [1.82, 2.24) is 4.90 Å². The van der Waals surface area contributed by atoms with Gasteiger partial charge in [0.25, 0.3) is 0 Å². The Kier molecular flexibility index (Phi) is 5.70. The number of esters is 1. The van der Waals surface area contributed by atoms with Crippen LogP contribution in [0.2, 0.25) is 0 Å². The van der Waals surface area contributed by atoms with Crippen LogP contribution in [0.4, 0.5) is 4.79 Å². The average Bonchev–Trinajstić information content (AvgIpc) is 3.07. The third kappa shape index (κ3) is 3.72. The predicted molar refractivity (Wildman–Crippen MR) is 101 cm³/mol. The van der Waals surface area contributed by atoms with E-state index >= 15 is 0 Å². The maximum Gasteiger partial charge on any atom is 0.412 e. The molecule has 0 N–H and O–H groups in total. The molecule has 0 radical (unpaired) electrons. The summed E-state index contributed by atoms with van der Waals surface area (Å²) in [5, 5.41) is 0. The highest BCUT2D eigenvalue weighted by molar-refractivity contribution is 5.72. The van der Waals surface area contributed by atoms with Gasteiger partial charge in [-0.25, -0.2) is 4.79 Å². The lowest BCUT2D eigenvalue weighted by Crippen LogP contribution is -2.59. The zero-order valence-corrected chi connectivity index (χ0v) is 17.8. The Morgan fingerprint density at radius 1 is 1.12 bits per heavy atom. The van der Waals surface area contributed by atoms with Crippen LogP contribution < -0.4 is 0 Å². The van der Waals surface area contributed by atoms with Gasteiger partial charge in [-0.1, -0.05) is 41.5 Å². The molecular weight excluding hydrogens is 330 g/mol. The summed E-state index contributed by atoms with van der Waals surface area (Å²) in [6.45, 7) is 14.5. The molecule has 0 aliphatic heterocycles. The van der Waals surface area contributed by atoms with Crippen LogP contribution in [-0.4, -0.2) is 36.3 Å². The predicted octanol–water partition coefficient (Wildman–Crippen LogP) is 4.84. The molecule has 4 atom stereocenters. The Labute approximate surface area is 158 Å². The number of nitrogens with zero attached hydrogens (tertiary/aromatic N) is 1. The van der Waals surface area contributed by atoms with E-state index in [0.29, 0.717) is 11.8 Å². The molecule has 150 valence electrons. The van der Waals surface area contributed by atoms with Crippen LogP contribution in [0.15, 0.2) is 0 Å². The minimum Gasteiger partial charge on any atom is -0.428 e. The fraction of sp³-hybridized carbons (Fsp3) is 0.905. The van der Waals surface area contributed by atoms with Gasteiger partial charge in [0, 0.05) is 7.05 Å². The summed E-state index contributed by atoms with van der Waals surface area (Å²) in [5.74, 6) is 0.633. The molecule has 0 spiro atoms. The van der Waals surface area contributed by atoms with E-state index in [1.165, 1.54) is 19.3 Å². The zero-order chi connectivity index (χ0) is 19.9. The molecular formula is C21H37NO4. The second-order valence-electron chi connectivity index (χ2n) is 10.3. The van der Waals surface area contributed by atoms with Crippen LogP contribution in [-0.2, 0) is 14.3 Å². The van der Waals surface area contributed by atoms with Crippen molar-refractivity contribution in [2.75, 3.05) is 13.8 Å². The quantitative estimate of drug-likeness (QED) is 0.515. The van der Waals surface area contributed by atoms with Crippen molar-refractivity contribution in [1.29, 1.82) is 0 Å². The standard InChI is InChI=1S/C21H37NO4/c1-14(12-19(2,3)4)17(23)25-13-26-18(24)22(8)21(7)16-10-9-15(11-16)20(21,5)6/h14-16H,9-13H2,1-8H3. The minimum absolute atomic E-state index is 0.0529. The summed E-state index contributed by atoms with van der Waals surface area (Å²) in [7, 11) is 1.81. The van der Waals surface area contributed by atoms with Crippen molar-refractivity contribution in [2.45, 2.75) is 79.7 Å². The summed E-state index contributed by atoms with van der Waals surface area (Å²) in [5.41, 5.74) is -0.116. The number of rotatable bonds is 5. The average molecular weight is 368 g/mol. The molecule has 5 heteroatoms. The molecule has 0 aromatic rings. The topological polar surface area (TPSA) is 55.8 Å². The molecule has 0 aromatic heterocycles. The van der Waals surface area contributed by atoms with E-state index in [2.05, 4.69) is 41.5 Å². The van der Waals surface area contributed by atoms with Crippen molar-refractivity contribution in [3.63, 3.8) is 0 Å². The first-order valence-corrected chi connectivity index (χ1v) is 9.88. The molecule has 0 heterocycles. The van der Waals surface area contributed by atoms with Gasteiger partial charge in [0.15, 0.2) is 0 Å². The van der Waals surface area contributed by atoms with Crippen LogP contribution >= 0.6 is 0 Å². The SMILES string of the molecule is CC(CC(C)(C)C)C(=O)OCOC(=O)N(C)C1(C)C2CCC(C2)C1(C)C. The number of ether oxygens (including phenoxy) is 2. The van der Waals surface area contributed by atoms with Gasteiger partial charge in [-0.2, -0.15) is 0 Å². The molecule has 4 unspecified atom stereocenters.